The van der Waals surface area contributed by atoms with Gasteiger partial charge >= 0.3 is 0 Å². The van der Waals surface area contributed by atoms with Crippen molar-refractivity contribution in [1.82, 2.24) is 9.78 Å². The second-order valence-electron chi connectivity index (χ2n) is 3.76. The first-order valence-electron chi connectivity index (χ1n) is 4.83. The fourth-order valence-electron chi connectivity index (χ4n) is 1.74. The summed E-state index contributed by atoms with van der Waals surface area (Å²) < 4.78 is 1.77. The molecule has 1 heterocycles. The number of carbonyl (C=O) groups is 1. The van der Waals surface area contributed by atoms with Gasteiger partial charge in [0.05, 0.1) is 10.9 Å². The normalized spacial score (nSPS) is 11.1. The van der Waals surface area contributed by atoms with E-state index in [4.69, 9.17) is 0 Å². The number of H-pyrrole nitrogens is 1. The van der Waals surface area contributed by atoms with Gasteiger partial charge in [0.25, 0.3) is 5.56 Å². The molecule has 1 N–H and O–H groups in total. The van der Waals surface area contributed by atoms with Crippen molar-refractivity contribution in [2.24, 2.45) is 0 Å². The number of aromatic amines is 1. The standard InChI is InChI=1S/C11H12N2O2/c1-7(2)13-9-5-3-4-8(6-14)10(9)11(15)12-13/h3-7H,1-2H3,(H,12,15). The van der Waals surface area contributed by atoms with Crippen LogP contribution in [0.4, 0.5) is 0 Å². The van der Waals surface area contributed by atoms with Gasteiger partial charge < -0.3 is 0 Å². The molecule has 0 saturated carbocycles. The number of aromatic nitrogens is 2. The number of nitrogens with zero attached hydrogens (tertiary/aromatic N) is 1. The van der Waals surface area contributed by atoms with E-state index < -0.39 is 0 Å². The van der Waals surface area contributed by atoms with Crippen LogP contribution in [0.1, 0.15) is 30.2 Å². The van der Waals surface area contributed by atoms with Crippen LogP contribution in [0.25, 0.3) is 10.9 Å². The third kappa shape index (κ3) is 1.38. The zero-order chi connectivity index (χ0) is 11.0. The molecular weight excluding hydrogens is 192 g/mol. The first-order valence-corrected chi connectivity index (χ1v) is 4.83. The van der Waals surface area contributed by atoms with Crippen LogP contribution in [0.5, 0.6) is 0 Å². The number of fused-ring (bicyclic) bond motifs is 1. The molecule has 4 nitrogen and oxygen atoms in total. The smallest absolute Gasteiger partial charge is 0.272 e. The van der Waals surface area contributed by atoms with Gasteiger partial charge in [-0.05, 0) is 19.9 Å². The van der Waals surface area contributed by atoms with E-state index in [0.717, 1.165) is 5.52 Å². The van der Waals surface area contributed by atoms with Gasteiger partial charge in [0.15, 0.2) is 6.29 Å². The summed E-state index contributed by atoms with van der Waals surface area (Å²) in [6, 6.07) is 5.42. The van der Waals surface area contributed by atoms with Crippen molar-refractivity contribution in [2.45, 2.75) is 19.9 Å². The first-order chi connectivity index (χ1) is 7.15. The van der Waals surface area contributed by atoms with E-state index in [0.29, 0.717) is 17.2 Å². The molecule has 1 aromatic heterocycles. The molecule has 4 heteroatoms. The van der Waals surface area contributed by atoms with Gasteiger partial charge in [-0.25, -0.2) is 0 Å². The van der Waals surface area contributed by atoms with E-state index in [-0.39, 0.29) is 11.6 Å². The van der Waals surface area contributed by atoms with Gasteiger partial charge in [0.1, 0.15) is 0 Å². The molecule has 0 radical (unpaired) electrons. The Morgan fingerprint density at radius 1 is 1.40 bits per heavy atom. The largest absolute Gasteiger partial charge is 0.298 e. The minimum Gasteiger partial charge on any atom is -0.298 e. The maximum atomic E-state index is 11.6. The van der Waals surface area contributed by atoms with Gasteiger partial charge in [0, 0.05) is 11.6 Å². The van der Waals surface area contributed by atoms with Crippen LogP contribution in [0.2, 0.25) is 0 Å². The molecule has 2 aromatic rings. The third-order valence-corrected chi connectivity index (χ3v) is 2.43. The van der Waals surface area contributed by atoms with Crippen molar-refractivity contribution in [3.8, 4) is 0 Å². The minimum absolute atomic E-state index is 0.164. The predicted molar refractivity (Wildman–Crippen MR) is 58.3 cm³/mol. The fourth-order valence-corrected chi connectivity index (χ4v) is 1.74. The van der Waals surface area contributed by atoms with Crippen LogP contribution < -0.4 is 5.56 Å². The van der Waals surface area contributed by atoms with Gasteiger partial charge in [-0.2, -0.15) is 0 Å². The molecule has 0 fully saturated rings. The van der Waals surface area contributed by atoms with Crippen molar-refractivity contribution >= 4 is 17.2 Å². The lowest BCUT2D eigenvalue weighted by molar-refractivity contribution is 0.112. The highest BCUT2D eigenvalue weighted by Crippen LogP contribution is 2.16. The summed E-state index contributed by atoms with van der Waals surface area (Å²) in [6.07, 6.45) is 0.711. The molecular formula is C11H12N2O2. The van der Waals surface area contributed by atoms with Crippen molar-refractivity contribution < 1.29 is 4.79 Å². The van der Waals surface area contributed by atoms with Crippen LogP contribution in [0.3, 0.4) is 0 Å². The minimum atomic E-state index is -0.207. The van der Waals surface area contributed by atoms with E-state index in [2.05, 4.69) is 5.10 Å². The number of carbonyl (C=O) groups excluding carboxylic acids is 1. The summed E-state index contributed by atoms with van der Waals surface area (Å²) in [7, 11) is 0. The number of hydrogen-bond acceptors (Lipinski definition) is 2. The Hall–Kier alpha value is -1.84. The van der Waals surface area contributed by atoms with Crippen molar-refractivity contribution in [3.63, 3.8) is 0 Å². The SMILES string of the molecule is CC(C)n1[nH]c(=O)c2c(C=O)cccc21. The van der Waals surface area contributed by atoms with E-state index in [1.807, 2.05) is 19.9 Å². The Bertz CT molecular complexity index is 563. The van der Waals surface area contributed by atoms with Gasteiger partial charge in [0.2, 0.25) is 0 Å². The summed E-state index contributed by atoms with van der Waals surface area (Å²) in [5.74, 6) is 0. The molecule has 0 spiro atoms. The maximum Gasteiger partial charge on any atom is 0.272 e. The summed E-state index contributed by atoms with van der Waals surface area (Å²) >= 11 is 0. The third-order valence-electron chi connectivity index (χ3n) is 2.43. The maximum absolute atomic E-state index is 11.6. The number of rotatable bonds is 2. The van der Waals surface area contributed by atoms with Gasteiger partial charge in [-0.3, -0.25) is 19.4 Å². The summed E-state index contributed by atoms with van der Waals surface area (Å²) in [4.78, 5) is 22.4. The van der Waals surface area contributed by atoms with Crippen LogP contribution >= 0.6 is 0 Å². The lowest BCUT2D eigenvalue weighted by Gasteiger charge is -2.07. The van der Waals surface area contributed by atoms with Gasteiger partial charge in [-0.15, -0.1) is 0 Å². The van der Waals surface area contributed by atoms with Crippen LogP contribution in [0, 0.1) is 0 Å². The van der Waals surface area contributed by atoms with Crippen molar-refractivity contribution in [2.75, 3.05) is 0 Å². The Morgan fingerprint density at radius 2 is 2.13 bits per heavy atom. The molecule has 2 rings (SSSR count). The van der Waals surface area contributed by atoms with Crippen LogP contribution in [0.15, 0.2) is 23.0 Å². The molecule has 0 atom stereocenters. The average molecular weight is 204 g/mol. The topological polar surface area (TPSA) is 54.9 Å². The molecule has 1 aromatic carbocycles. The Morgan fingerprint density at radius 3 is 2.73 bits per heavy atom. The number of hydrogen-bond donors (Lipinski definition) is 1. The predicted octanol–water partition coefficient (Wildman–Crippen LogP) is 1.72. The zero-order valence-corrected chi connectivity index (χ0v) is 8.65. The molecule has 0 unspecified atom stereocenters. The van der Waals surface area contributed by atoms with E-state index in [1.54, 1.807) is 16.8 Å². The van der Waals surface area contributed by atoms with Crippen molar-refractivity contribution in [3.05, 3.63) is 34.1 Å². The average Bonchev–Trinajstić information content (AvgIpc) is 2.56. The summed E-state index contributed by atoms with van der Waals surface area (Å²) in [5, 5.41) is 3.20. The molecule has 0 aliphatic carbocycles. The number of benzene rings is 1. The molecule has 0 aliphatic rings. The van der Waals surface area contributed by atoms with E-state index in [9.17, 15) is 9.59 Å². The second-order valence-corrected chi connectivity index (χ2v) is 3.76. The monoisotopic (exact) mass is 204 g/mol. The van der Waals surface area contributed by atoms with Crippen LogP contribution in [-0.4, -0.2) is 16.1 Å². The Labute approximate surface area is 86.5 Å². The van der Waals surface area contributed by atoms with E-state index in [1.165, 1.54) is 0 Å². The quantitative estimate of drug-likeness (QED) is 0.757. The van der Waals surface area contributed by atoms with Gasteiger partial charge in [-0.1, -0.05) is 12.1 Å². The Kier molecular flexibility index (Phi) is 2.19. The number of aldehydes is 1. The highest BCUT2D eigenvalue weighted by atomic mass is 16.1. The second kappa shape index (κ2) is 3.38. The highest BCUT2D eigenvalue weighted by molar-refractivity contribution is 5.96. The molecule has 0 saturated heterocycles. The van der Waals surface area contributed by atoms with Crippen LogP contribution in [-0.2, 0) is 0 Å². The molecule has 15 heavy (non-hydrogen) atoms. The highest BCUT2D eigenvalue weighted by Gasteiger charge is 2.11. The van der Waals surface area contributed by atoms with Crippen molar-refractivity contribution in [1.29, 1.82) is 0 Å². The lowest BCUT2D eigenvalue weighted by Crippen LogP contribution is -2.07. The summed E-state index contributed by atoms with van der Waals surface area (Å²) in [6.45, 7) is 3.95. The molecule has 78 valence electrons. The number of nitrogens with one attached hydrogen (secondary N) is 1. The summed E-state index contributed by atoms with van der Waals surface area (Å²) in [5.41, 5.74) is 1.01. The zero-order valence-electron chi connectivity index (χ0n) is 8.65. The van der Waals surface area contributed by atoms with E-state index >= 15 is 0 Å². The molecule has 0 bridgehead atoms. The lowest BCUT2D eigenvalue weighted by atomic mass is 10.1. The first kappa shape index (κ1) is 9.71. The molecule has 0 aliphatic heterocycles. The Balaban J connectivity index is 2.91. The molecule has 0 amide bonds. The fraction of sp³-hybridized carbons (Fsp3) is 0.273.